The fourth-order valence-electron chi connectivity index (χ4n) is 2.49. The molecule has 1 atom stereocenters. The molecule has 1 saturated heterocycles. The number of benzene rings is 1. The Labute approximate surface area is 125 Å². The van der Waals surface area contributed by atoms with Crippen molar-refractivity contribution in [2.75, 3.05) is 32.7 Å². The van der Waals surface area contributed by atoms with Gasteiger partial charge in [0, 0.05) is 45.2 Å². The van der Waals surface area contributed by atoms with E-state index in [1.807, 2.05) is 23.1 Å². The van der Waals surface area contributed by atoms with Crippen LogP contribution in [-0.2, 0) is 9.59 Å². The minimum atomic E-state index is 0.160. The molecule has 1 heterocycles. The molecule has 1 unspecified atom stereocenters. The molecule has 1 N–H and O–H groups in total. The van der Waals surface area contributed by atoms with Gasteiger partial charge in [-0.25, -0.2) is 0 Å². The van der Waals surface area contributed by atoms with Gasteiger partial charge < -0.3 is 15.1 Å². The lowest BCUT2D eigenvalue weighted by molar-refractivity contribution is -0.135. The van der Waals surface area contributed by atoms with Crippen LogP contribution in [0.4, 0.5) is 0 Å². The molecule has 0 aliphatic carbocycles. The molecule has 1 aromatic rings. The zero-order valence-electron chi connectivity index (χ0n) is 12.5. The maximum atomic E-state index is 12.1. The van der Waals surface area contributed by atoms with Crippen molar-refractivity contribution in [3.05, 3.63) is 35.9 Å². The summed E-state index contributed by atoms with van der Waals surface area (Å²) in [6.07, 6.45) is 1.35. The number of nitrogens with zero attached hydrogens (tertiary/aromatic N) is 2. The number of piperazine rings is 1. The molecule has 5 nitrogen and oxygen atoms in total. The highest BCUT2D eigenvalue weighted by Crippen LogP contribution is 2.11. The summed E-state index contributed by atoms with van der Waals surface area (Å²) in [5.41, 5.74) is 1.23. The van der Waals surface area contributed by atoms with E-state index < -0.39 is 0 Å². The third-order valence-electron chi connectivity index (χ3n) is 3.91. The lowest BCUT2D eigenvalue weighted by Crippen LogP contribution is -2.48. The maximum absolute atomic E-state index is 12.1. The van der Waals surface area contributed by atoms with Crippen LogP contribution in [-0.4, -0.2) is 54.8 Å². The van der Waals surface area contributed by atoms with Gasteiger partial charge in [-0.05, 0) is 12.5 Å². The van der Waals surface area contributed by atoms with Gasteiger partial charge in [-0.2, -0.15) is 0 Å². The number of carbonyl (C=O) groups excluding carboxylic acids is 2. The van der Waals surface area contributed by atoms with Gasteiger partial charge in [-0.15, -0.1) is 0 Å². The fourth-order valence-corrected chi connectivity index (χ4v) is 2.49. The molecule has 5 heteroatoms. The molecule has 0 saturated carbocycles. The Kier molecular flexibility index (Phi) is 5.75. The normalized spacial score (nSPS) is 16.6. The third-order valence-corrected chi connectivity index (χ3v) is 3.91. The van der Waals surface area contributed by atoms with Crippen molar-refractivity contribution < 1.29 is 9.59 Å². The molecule has 2 rings (SSSR count). The highest BCUT2D eigenvalue weighted by Gasteiger charge is 2.19. The van der Waals surface area contributed by atoms with E-state index in [9.17, 15) is 9.59 Å². The Morgan fingerprint density at radius 3 is 2.52 bits per heavy atom. The Balaban J connectivity index is 1.69. The predicted octanol–water partition coefficient (Wildman–Crippen LogP) is 1.03. The van der Waals surface area contributed by atoms with E-state index in [0.717, 1.165) is 6.41 Å². The second-order valence-electron chi connectivity index (χ2n) is 5.36. The molecule has 1 aromatic carbocycles. The highest BCUT2D eigenvalue weighted by molar-refractivity contribution is 5.76. The van der Waals surface area contributed by atoms with Crippen molar-refractivity contribution in [3.8, 4) is 0 Å². The van der Waals surface area contributed by atoms with Crippen molar-refractivity contribution in [1.29, 1.82) is 0 Å². The van der Waals surface area contributed by atoms with Crippen molar-refractivity contribution in [3.63, 3.8) is 0 Å². The Morgan fingerprint density at radius 2 is 1.90 bits per heavy atom. The van der Waals surface area contributed by atoms with Crippen LogP contribution in [0.2, 0.25) is 0 Å². The van der Waals surface area contributed by atoms with Crippen LogP contribution in [0, 0.1) is 0 Å². The fraction of sp³-hybridized carbons (Fsp3) is 0.500. The second-order valence-corrected chi connectivity index (χ2v) is 5.36. The zero-order chi connectivity index (χ0) is 15.1. The van der Waals surface area contributed by atoms with Gasteiger partial charge in [-0.3, -0.25) is 9.59 Å². The SMILES string of the molecule is CC(NCCC(=O)N1CCN(C=O)CC1)c1ccccc1. The molecular formula is C16H23N3O2. The summed E-state index contributed by atoms with van der Waals surface area (Å²) >= 11 is 0. The minimum absolute atomic E-state index is 0.160. The number of rotatable bonds is 6. The molecule has 0 spiro atoms. The lowest BCUT2D eigenvalue weighted by Gasteiger charge is -2.32. The Hall–Kier alpha value is -1.88. The van der Waals surface area contributed by atoms with Crippen molar-refractivity contribution in [2.24, 2.45) is 0 Å². The van der Waals surface area contributed by atoms with Crippen LogP contribution < -0.4 is 5.32 Å². The number of hydrogen-bond acceptors (Lipinski definition) is 3. The van der Waals surface area contributed by atoms with Gasteiger partial charge in [0.1, 0.15) is 0 Å². The molecule has 2 amide bonds. The quantitative estimate of drug-likeness (QED) is 0.796. The second kappa shape index (κ2) is 7.78. The molecule has 1 fully saturated rings. The number of nitrogens with one attached hydrogen (secondary N) is 1. The van der Waals surface area contributed by atoms with E-state index in [-0.39, 0.29) is 11.9 Å². The van der Waals surface area contributed by atoms with Crippen molar-refractivity contribution in [2.45, 2.75) is 19.4 Å². The van der Waals surface area contributed by atoms with E-state index in [0.29, 0.717) is 39.1 Å². The number of carbonyl (C=O) groups is 2. The first kappa shape index (κ1) is 15.5. The van der Waals surface area contributed by atoms with E-state index in [4.69, 9.17) is 0 Å². The van der Waals surface area contributed by atoms with Crippen molar-refractivity contribution >= 4 is 12.3 Å². The van der Waals surface area contributed by atoms with Gasteiger partial charge >= 0.3 is 0 Å². The van der Waals surface area contributed by atoms with E-state index in [2.05, 4.69) is 24.4 Å². The zero-order valence-corrected chi connectivity index (χ0v) is 12.5. The predicted molar refractivity (Wildman–Crippen MR) is 81.7 cm³/mol. The average Bonchev–Trinajstić information content (AvgIpc) is 2.55. The topological polar surface area (TPSA) is 52.7 Å². The largest absolute Gasteiger partial charge is 0.342 e. The molecule has 21 heavy (non-hydrogen) atoms. The summed E-state index contributed by atoms with van der Waals surface area (Å²) in [5, 5.41) is 3.37. The van der Waals surface area contributed by atoms with Gasteiger partial charge in [0.25, 0.3) is 0 Å². The van der Waals surface area contributed by atoms with Gasteiger partial charge in [0.15, 0.2) is 0 Å². The smallest absolute Gasteiger partial charge is 0.223 e. The number of amides is 2. The molecular weight excluding hydrogens is 266 g/mol. The van der Waals surface area contributed by atoms with Crippen LogP contribution >= 0.6 is 0 Å². The van der Waals surface area contributed by atoms with Crippen LogP contribution in [0.5, 0.6) is 0 Å². The minimum Gasteiger partial charge on any atom is -0.342 e. The summed E-state index contributed by atoms with van der Waals surface area (Å²) in [6, 6.07) is 10.4. The van der Waals surface area contributed by atoms with Crippen LogP contribution in [0.1, 0.15) is 24.9 Å². The molecule has 0 bridgehead atoms. The summed E-state index contributed by atoms with van der Waals surface area (Å²) < 4.78 is 0. The van der Waals surface area contributed by atoms with E-state index >= 15 is 0 Å². The average molecular weight is 289 g/mol. The lowest BCUT2D eigenvalue weighted by atomic mass is 10.1. The van der Waals surface area contributed by atoms with Crippen LogP contribution in [0.25, 0.3) is 0 Å². The van der Waals surface area contributed by atoms with Gasteiger partial charge in [0.05, 0.1) is 0 Å². The first-order valence-corrected chi connectivity index (χ1v) is 7.46. The summed E-state index contributed by atoms with van der Waals surface area (Å²) in [4.78, 5) is 26.3. The van der Waals surface area contributed by atoms with E-state index in [1.165, 1.54) is 5.56 Å². The standard InChI is InChI=1S/C16H23N3O2/c1-14(15-5-3-2-4-6-15)17-8-7-16(21)19-11-9-18(13-20)10-12-19/h2-6,13-14,17H,7-12H2,1H3. The molecule has 114 valence electrons. The number of hydrogen-bond donors (Lipinski definition) is 1. The monoisotopic (exact) mass is 289 g/mol. The first-order chi connectivity index (χ1) is 10.2. The summed E-state index contributed by atoms with van der Waals surface area (Å²) in [6.45, 7) is 5.34. The Bertz CT molecular complexity index is 456. The highest BCUT2D eigenvalue weighted by atomic mass is 16.2. The van der Waals surface area contributed by atoms with Crippen LogP contribution in [0.15, 0.2) is 30.3 Å². The Morgan fingerprint density at radius 1 is 1.24 bits per heavy atom. The maximum Gasteiger partial charge on any atom is 0.223 e. The molecule has 0 aromatic heterocycles. The van der Waals surface area contributed by atoms with Gasteiger partial charge in [0.2, 0.25) is 12.3 Å². The molecule has 1 aliphatic rings. The molecule has 0 radical (unpaired) electrons. The first-order valence-electron chi connectivity index (χ1n) is 7.46. The third kappa shape index (κ3) is 4.56. The van der Waals surface area contributed by atoms with E-state index in [1.54, 1.807) is 4.90 Å². The molecule has 1 aliphatic heterocycles. The summed E-state index contributed by atoms with van der Waals surface area (Å²) in [7, 11) is 0. The van der Waals surface area contributed by atoms with Crippen molar-refractivity contribution in [1.82, 2.24) is 15.1 Å². The van der Waals surface area contributed by atoms with Gasteiger partial charge in [-0.1, -0.05) is 30.3 Å². The van der Waals surface area contributed by atoms with Crippen LogP contribution in [0.3, 0.4) is 0 Å². The summed E-state index contributed by atoms with van der Waals surface area (Å²) in [5.74, 6) is 0.160.